The fourth-order valence-corrected chi connectivity index (χ4v) is 5.94. The molecule has 1 fully saturated rings. The molecule has 2 aromatic carbocycles. The topological polar surface area (TPSA) is 26.7 Å². The van der Waals surface area contributed by atoms with E-state index in [2.05, 4.69) is 82.6 Å². The zero-order valence-electron chi connectivity index (χ0n) is 16.7. The number of benzene rings is 2. The van der Waals surface area contributed by atoms with Crippen LogP contribution in [0.4, 0.5) is 0 Å². The Morgan fingerprint density at radius 2 is 1.82 bits per heavy atom. The van der Waals surface area contributed by atoms with Crippen LogP contribution in [0.2, 0.25) is 0 Å². The van der Waals surface area contributed by atoms with Crippen molar-refractivity contribution in [1.29, 1.82) is 0 Å². The van der Waals surface area contributed by atoms with Crippen LogP contribution in [0.1, 0.15) is 42.5 Å². The summed E-state index contributed by atoms with van der Waals surface area (Å²) in [5.41, 5.74) is 4.41. The molecule has 2 aromatic rings. The van der Waals surface area contributed by atoms with E-state index in [1.807, 2.05) is 11.8 Å². The fourth-order valence-electron chi connectivity index (χ4n) is 4.29. The highest BCUT2D eigenvalue weighted by molar-refractivity contribution is 14.1. The largest absolute Gasteiger partial charge is 0.395 e. The third kappa shape index (κ3) is 4.43. The first kappa shape index (κ1) is 20.7. The molecule has 28 heavy (non-hydrogen) atoms. The molecule has 3 nitrogen and oxygen atoms in total. The van der Waals surface area contributed by atoms with E-state index < -0.39 is 0 Å². The van der Waals surface area contributed by atoms with Crippen LogP contribution >= 0.6 is 34.4 Å². The number of rotatable bonds is 4. The van der Waals surface area contributed by atoms with Gasteiger partial charge in [0.25, 0.3) is 0 Å². The Balaban J connectivity index is 1.70. The molecule has 0 spiro atoms. The summed E-state index contributed by atoms with van der Waals surface area (Å²) in [4.78, 5) is 7.86. The molecule has 150 valence electrons. The number of β-amino-alcohol motifs (C(OH)–C–C–N with tert-alkyl or cyclic N) is 1. The molecule has 0 aliphatic carbocycles. The SMILES string of the molecule is CC(C)c1ccc2c(c1)[C@H](N1CCN(CCO)CC1)Cc1cc(I)ccc1S2. The van der Waals surface area contributed by atoms with Crippen molar-refractivity contribution in [3.8, 4) is 0 Å². The Morgan fingerprint density at radius 1 is 1.07 bits per heavy atom. The lowest BCUT2D eigenvalue weighted by Crippen LogP contribution is -2.48. The maximum atomic E-state index is 9.26. The van der Waals surface area contributed by atoms with Crippen molar-refractivity contribution < 1.29 is 5.11 Å². The predicted octanol–water partition coefficient (Wildman–Crippen LogP) is 4.77. The third-order valence-corrected chi connectivity index (χ3v) is 7.86. The summed E-state index contributed by atoms with van der Waals surface area (Å²) in [7, 11) is 0. The molecule has 1 atom stereocenters. The van der Waals surface area contributed by atoms with Gasteiger partial charge >= 0.3 is 0 Å². The van der Waals surface area contributed by atoms with Crippen LogP contribution in [0.3, 0.4) is 0 Å². The summed E-state index contributed by atoms with van der Waals surface area (Å²) >= 11 is 4.37. The highest BCUT2D eigenvalue weighted by atomic mass is 127. The van der Waals surface area contributed by atoms with Crippen molar-refractivity contribution in [2.24, 2.45) is 0 Å². The van der Waals surface area contributed by atoms with Crippen molar-refractivity contribution in [2.45, 2.75) is 42.0 Å². The van der Waals surface area contributed by atoms with E-state index in [1.165, 1.54) is 30.1 Å². The Bertz CT molecular complexity index is 833. The van der Waals surface area contributed by atoms with E-state index in [9.17, 15) is 5.11 Å². The third-order valence-electron chi connectivity index (χ3n) is 5.98. The number of piperazine rings is 1. The molecule has 0 bridgehead atoms. The molecule has 2 aliphatic heterocycles. The van der Waals surface area contributed by atoms with E-state index in [4.69, 9.17) is 0 Å². The first-order valence-corrected chi connectivity index (χ1v) is 12.1. The normalized spacial score (nSPS) is 20.7. The molecular weight excluding hydrogens is 479 g/mol. The van der Waals surface area contributed by atoms with Crippen molar-refractivity contribution >= 4 is 34.4 Å². The molecule has 0 radical (unpaired) electrons. The summed E-state index contributed by atoms with van der Waals surface area (Å²) in [5.74, 6) is 0.545. The fraction of sp³-hybridized carbons (Fsp3) is 0.478. The maximum Gasteiger partial charge on any atom is 0.0558 e. The van der Waals surface area contributed by atoms with Crippen LogP contribution in [0.5, 0.6) is 0 Å². The van der Waals surface area contributed by atoms with Crippen LogP contribution in [0.25, 0.3) is 0 Å². The lowest BCUT2D eigenvalue weighted by atomic mass is 9.93. The van der Waals surface area contributed by atoms with Gasteiger partial charge in [-0.15, -0.1) is 0 Å². The molecule has 2 aliphatic rings. The molecule has 0 saturated carbocycles. The maximum absolute atomic E-state index is 9.26. The van der Waals surface area contributed by atoms with Gasteiger partial charge in [0.2, 0.25) is 0 Å². The van der Waals surface area contributed by atoms with Gasteiger partial charge in [0.05, 0.1) is 6.61 Å². The van der Waals surface area contributed by atoms with E-state index in [1.54, 1.807) is 0 Å². The lowest BCUT2D eigenvalue weighted by Gasteiger charge is -2.39. The van der Waals surface area contributed by atoms with E-state index in [0.717, 1.165) is 39.1 Å². The van der Waals surface area contributed by atoms with Gasteiger partial charge in [0.1, 0.15) is 0 Å². The lowest BCUT2D eigenvalue weighted by molar-refractivity contribution is 0.0823. The summed E-state index contributed by atoms with van der Waals surface area (Å²) in [6.07, 6.45) is 1.08. The quantitative estimate of drug-likeness (QED) is 0.602. The van der Waals surface area contributed by atoms with Crippen LogP contribution in [-0.2, 0) is 6.42 Å². The Kier molecular flexibility index (Phi) is 6.67. The van der Waals surface area contributed by atoms with Gasteiger partial charge in [-0.3, -0.25) is 9.80 Å². The highest BCUT2D eigenvalue weighted by Gasteiger charge is 2.30. The number of hydrogen-bond acceptors (Lipinski definition) is 4. The minimum atomic E-state index is 0.256. The van der Waals surface area contributed by atoms with Gasteiger partial charge in [0, 0.05) is 52.1 Å². The number of aliphatic hydroxyl groups is 1. The smallest absolute Gasteiger partial charge is 0.0558 e. The molecule has 0 aromatic heterocycles. The summed E-state index contributed by atoms with van der Waals surface area (Å²) in [5, 5.41) is 9.26. The van der Waals surface area contributed by atoms with Crippen LogP contribution in [0.15, 0.2) is 46.2 Å². The van der Waals surface area contributed by atoms with Gasteiger partial charge in [0.15, 0.2) is 0 Å². The van der Waals surface area contributed by atoms with Gasteiger partial charge in [-0.25, -0.2) is 0 Å². The average Bonchev–Trinajstić information content (AvgIpc) is 2.84. The summed E-state index contributed by atoms with van der Waals surface area (Å²) in [6.45, 7) is 9.84. The predicted molar refractivity (Wildman–Crippen MR) is 125 cm³/mol. The first-order valence-electron chi connectivity index (χ1n) is 10.2. The van der Waals surface area contributed by atoms with Crippen molar-refractivity contribution in [2.75, 3.05) is 39.3 Å². The Labute approximate surface area is 186 Å². The zero-order valence-corrected chi connectivity index (χ0v) is 19.7. The number of halogens is 1. The molecule has 5 heteroatoms. The van der Waals surface area contributed by atoms with E-state index in [-0.39, 0.29) is 6.61 Å². The zero-order chi connectivity index (χ0) is 19.7. The second-order valence-corrected chi connectivity index (χ2v) is 10.5. The second kappa shape index (κ2) is 9.04. The minimum Gasteiger partial charge on any atom is -0.395 e. The molecule has 4 rings (SSSR count). The molecule has 2 heterocycles. The van der Waals surface area contributed by atoms with Crippen molar-refractivity contribution in [1.82, 2.24) is 9.80 Å². The monoisotopic (exact) mass is 508 g/mol. The van der Waals surface area contributed by atoms with Gasteiger partial charge in [-0.05, 0) is 75.9 Å². The number of aliphatic hydroxyl groups excluding tert-OH is 1. The van der Waals surface area contributed by atoms with E-state index >= 15 is 0 Å². The Morgan fingerprint density at radius 3 is 2.54 bits per heavy atom. The standard InChI is InChI=1S/C23H29IN2OS/c1-16(2)17-3-5-23-20(14-17)21(26-9-7-25(8-10-26)11-12-27)15-18-13-19(24)4-6-22(18)28-23/h3-6,13-14,16,21,27H,7-12,15H2,1-2H3/t21-/m1/s1. The van der Waals surface area contributed by atoms with Crippen LogP contribution in [0, 0.1) is 3.57 Å². The summed E-state index contributed by atoms with van der Waals surface area (Å²) in [6, 6.07) is 14.4. The molecule has 1 saturated heterocycles. The molecule has 0 unspecified atom stereocenters. The average molecular weight is 508 g/mol. The molecule has 1 N–H and O–H groups in total. The number of nitrogens with zero attached hydrogens (tertiary/aromatic N) is 2. The van der Waals surface area contributed by atoms with Crippen molar-refractivity contribution in [3.05, 3.63) is 56.7 Å². The van der Waals surface area contributed by atoms with E-state index in [0.29, 0.717) is 12.0 Å². The Hall–Kier alpha value is -0.600. The van der Waals surface area contributed by atoms with Crippen molar-refractivity contribution in [3.63, 3.8) is 0 Å². The van der Waals surface area contributed by atoms with Gasteiger partial charge in [-0.2, -0.15) is 0 Å². The number of fused-ring (bicyclic) bond motifs is 2. The number of hydrogen-bond donors (Lipinski definition) is 1. The molecule has 0 amide bonds. The highest BCUT2D eigenvalue weighted by Crippen LogP contribution is 2.44. The minimum absolute atomic E-state index is 0.256. The second-order valence-electron chi connectivity index (χ2n) is 8.13. The van der Waals surface area contributed by atoms with Crippen LogP contribution < -0.4 is 0 Å². The van der Waals surface area contributed by atoms with Crippen LogP contribution in [-0.4, -0.2) is 54.2 Å². The van der Waals surface area contributed by atoms with Gasteiger partial charge < -0.3 is 5.11 Å². The van der Waals surface area contributed by atoms with Gasteiger partial charge in [-0.1, -0.05) is 37.7 Å². The molecular formula is C23H29IN2OS. The summed E-state index contributed by atoms with van der Waals surface area (Å²) < 4.78 is 1.32. The first-order chi connectivity index (χ1) is 13.5.